The van der Waals surface area contributed by atoms with Crippen LogP contribution < -0.4 is 20.2 Å². The van der Waals surface area contributed by atoms with Crippen LogP contribution in [0.15, 0.2) is 96.3 Å². The largest absolute Gasteiger partial charge is 0.491 e. The second-order valence-corrected chi connectivity index (χ2v) is 12.9. The molecule has 0 N–H and O–H groups in total. The molecule has 4 heterocycles. The molecule has 50 heavy (non-hydrogen) atoms. The van der Waals surface area contributed by atoms with Gasteiger partial charge in [0.05, 0.1) is 36.5 Å². The number of nitrogens with zero attached hydrogens (tertiary/aromatic N) is 8. The highest BCUT2D eigenvalue weighted by atomic mass is 16.8. The molecular weight excluding hydrogens is 632 g/mol. The number of piperazine rings is 1. The predicted molar refractivity (Wildman–Crippen MR) is 190 cm³/mol. The smallest absolute Gasteiger partial charge is 0.350 e. The van der Waals surface area contributed by atoms with Gasteiger partial charge in [-0.25, -0.2) is 14.0 Å². The number of benzene rings is 3. The fourth-order valence-corrected chi connectivity index (χ4v) is 6.68. The Bertz CT molecular complexity index is 1990. The van der Waals surface area contributed by atoms with Crippen LogP contribution in [0.3, 0.4) is 0 Å². The Morgan fingerprint density at radius 2 is 1.66 bits per heavy atom. The quantitative estimate of drug-likeness (QED) is 0.190. The Morgan fingerprint density at radius 1 is 0.980 bits per heavy atom. The molecule has 0 amide bonds. The third-order valence-electron chi connectivity index (χ3n) is 9.67. The fourth-order valence-electron chi connectivity index (χ4n) is 6.68. The second-order valence-electron chi connectivity index (χ2n) is 12.9. The highest BCUT2D eigenvalue weighted by Crippen LogP contribution is 2.38. The summed E-state index contributed by atoms with van der Waals surface area (Å²) in [4.78, 5) is 17.6. The molecule has 2 aromatic heterocycles. The molecule has 2 aliphatic heterocycles. The summed E-state index contributed by atoms with van der Waals surface area (Å²) in [7, 11) is 0. The Labute approximate surface area is 291 Å². The zero-order valence-corrected chi connectivity index (χ0v) is 28.7. The number of anilines is 2. The van der Waals surface area contributed by atoms with Crippen LogP contribution in [0.2, 0.25) is 0 Å². The Kier molecular flexibility index (Phi) is 9.43. The molecule has 3 aromatic carbocycles. The SMILES string of the molecule is CC[C@H](C)n1ncn(-c2ccc(N3CCN(c4ccc(OC[C@@H]5CO[C@@](Cn6cccn6)(c6ccc(C#N)cc6C)O5)cc4)CC3)cc2)c1=O. The van der Waals surface area contributed by atoms with Crippen LogP contribution in [0.1, 0.15) is 43.0 Å². The molecule has 12 nitrogen and oxygen atoms in total. The van der Waals surface area contributed by atoms with Crippen LogP contribution >= 0.6 is 0 Å². The van der Waals surface area contributed by atoms with Gasteiger partial charge in [0.25, 0.3) is 0 Å². The van der Waals surface area contributed by atoms with Crippen LogP contribution in [0, 0.1) is 18.3 Å². The monoisotopic (exact) mass is 674 g/mol. The summed E-state index contributed by atoms with van der Waals surface area (Å²) in [6.07, 6.45) is 5.78. The zero-order chi connectivity index (χ0) is 34.7. The number of rotatable bonds is 11. The molecule has 0 bridgehead atoms. The normalized spacial score (nSPS) is 19.8. The van der Waals surface area contributed by atoms with E-state index in [9.17, 15) is 10.1 Å². The summed E-state index contributed by atoms with van der Waals surface area (Å²) in [5, 5.41) is 18.0. The van der Waals surface area contributed by atoms with E-state index in [1.807, 2.05) is 69.4 Å². The number of ether oxygens (including phenoxy) is 3. The Balaban J connectivity index is 0.929. The molecule has 12 heteroatoms. The molecule has 258 valence electrons. The van der Waals surface area contributed by atoms with E-state index in [1.54, 1.807) is 32.5 Å². The molecule has 7 rings (SSSR count). The summed E-state index contributed by atoms with van der Waals surface area (Å²) in [5.74, 6) is -0.271. The number of hydrogen-bond donors (Lipinski definition) is 0. The van der Waals surface area contributed by atoms with Crippen molar-refractivity contribution in [1.82, 2.24) is 24.1 Å². The number of aryl methyl sites for hydroxylation is 1. The van der Waals surface area contributed by atoms with Crippen molar-refractivity contribution in [3.8, 4) is 17.5 Å². The summed E-state index contributed by atoms with van der Waals surface area (Å²) in [5.41, 5.74) is 5.38. The molecule has 2 fully saturated rings. The van der Waals surface area contributed by atoms with Gasteiger partial charge in [-0.3, -0.25) is 4.68 Å². The summed E-state index contributed by atoms with van der Waals surface area (Å²) in [6.45, 7) is 10.7. The lowest BCUT2D eigenvalue weighted by Gasteiger charge is -2.37. The van der Waals surface area contributed by atoms with E-state index >= 15 is 0 Å². The van der Waals surface area contributed by atoms with Crippen molar-refractivity contribution in [2.45, 2.75) is 51.7 Å². The van der Waals surface area contributed by atoms with Gasteiger partial charge in [0.15, 0.2) is 0 Å². The summed E-state index contributed by atoms with van der Waals surface area (Å²) >= 11 is 0. The minimum Gasteiger partial charge on any atom is -0.491 e. The highest BCUT2D eigenvalue weighted by Gasteiger charge is 2.45. The molecule has 0 aliphatic carbocycles. The molecule has 2 aliphatic rings. The van der Waals surface area contributed by atoms with Gasteiger partial charge in [-0.2, -0.15) is 15.5 Å². The van der Waals surface area contributed by atoms with Crippen molar-refractivity contribution in [2.75, 3.05) is 49.2 Å². The van der Waals surface area contributed by atoms with Crippen LogP contribution in [0.5, 0.6) is 5.75 Å². The van der Waals surface area contributed by atoms with E-state index in [4.69, 9.17) is 14.2 Å². The van der Waals surface area contributed by atoms with Gasteiger partial charge in [0, 0.05) is 55.5 Å². The van der Waals surface area contributed by atoms with Crippen molar-refractivity contribution >= 4 is 11.4 Å². The van der Waals surface area contributed by atoms with Crippen LogP contribution in [-0.4, -0.2) is 69.6 Å². The first kappa shape index (κ1) is 33.1. The van der Waals surface area contributed by atoms with Crippen LogP contribution in [0.4, 0.5) is 11.4 Å². The van der Waals surface area contributed by atoms with E-state index in [-0.39, 0.29) is 17.8 Å². The van der Waals surface area contributed by atoms with Crippen molar-refractivity contribution in [1.29, 1.82) is 5.26 Å². The lowest BCUT2D eigenvalue weighted by atomic mass is 9.98. The van der Waals surface area contributed by atoms with E-state index in [0.29, 0.717) is 25.3 Å². The number of hydrogen-bond acceptors (Lipinski definition) is 9. The van der Waals surface area contributed by atoms with Gasteiger partial charge in [-0.05, 0) is 92.6 Å². The molecule has 0 saturated carbocycles. The molecule has 5 aromatic rings. The highest BCUT2D eigenvalue weighted by molar-refractivity contribution is 5.55. The standard InChI is InChI=1S/C38H42N8O4/c1-4-29(3)46-37(47)45(27-41-46)33-9-7-31(8-10-33)42-18-20-43(21-19-42)32-11-13-34(14-12-32)48-24-35-25-49-38(50-35,26-44-17-5-16-40-44)36-15-6-30(23-39)22-28(36)2/h5-17,22,27,29,35H,4,18-21,24-26H2,1-3H3/t29-,35+,38+/m0/s1. The van der Waals surface area contributed by atoms with Gasteiger partial charge in [0.1, 0.15) is 24.8 Å². The number of nitriles is 1. The lowest BCUT2D eigenvalue weighted by Crippen LogP contribution is -2.46. The Hall–Kier alpha value is -5.38. The first-order chi connectivity index (χ1) is 24.4. The van der Waals surface area contributed by atoms with E-state index in [0.717, 1.165) is 66.5 Å². The van der Waals surface area contributed by atoms with E-state index in [1.165, 1.54) is 0 Å². The minimum atomic E-state index is -1.04. The molecular formula is C38H42N8O4. The van der Waals surface area contributed by atoms with Crippen molar-refractivity contribution in [3.63, 3.8) is 0 Å². The van der Waals surface area contributed by atoms with Gasteiger partial charge >= 0.3 is 5.69 Å². The molecule has 3 atom stereocenters. The van der Waals surface area contributed by atoms with Crippen LogP contribution in [-0.2, 0) is 21.8 Å². The molecule has 0 spiro atoms. The summed E-state index contributed by atoms with van der Waals surface area (Å²) in [6, 6.07) is 26.0. The Morgan fingerprint density at radius 3 is 2.28 bits per heavy atom. The van der Waals surface area contributed by atoms with Crippen molar-refractivity contribution < 1.29 is 14.2 Å². The third-order valence-corrected chi connectivity index (χ3v) is 9.67. The maximum absolute atomic E-state index is 12.8. The first-order valence-electron chi connectivity index (χ1n) is 17.2. The van der Waals surface area contributed by atoms with Gasteiger partial charge in [-0.1, -0.05) is 13.0 Å². The van der Waals surface area contributed by atoms with Crippen molar-refractivity contribution in [3.05, 3.63) is 119 Å². The first-order valence-corrected chi connectivity index (χ1v) is 17.2. The number of aromatic nitrogens is 5. The second kappa shape index (κ2) is 14.2. The lowest BCUT2D eigenvalue weighted by molar-refractivity contribution is -0.191. The zero-order valence-electron chi connectivity index (χ0n) is 28.7. The average Bonchev–Trinajstić information content (AvgIpc) is 3.92. The van der Waals surface area contributed by atoms with E-state index in [2.05, 4.69) is 50.3 Å². The maximum Gasteiger partial charge on any atom is 0.350 e. The van der Waals surface area contributed by atoms with Crippen molar-refractivity contribution in [2.24, 2.45) is 0 Å². The van der Waals surface area contributed by atoms with Gasteiger partial charge < -0.3 is 24.0 Å². The minimum absolute atomic E-state index is 0.0657. The topological polar surface area (TPSA) is 116 Å². The maximum atomic E-state index is 12.8. The van der Waals surface area contributed by atoms with Gasteiger partial charge in [-0.15, -0.1) is 0 Å². The third kappa shape index (κ3) is 6.75. The van der Waals surface area contributed by atoms with Crippen LogP contribution in [0.25, 0.3) is 5.69 Å². The van der Waals surface area contributed by atoms with E-state index < -0.39 is 5.79 Å². The molecule has 0 radical (unpaired) electrons. The summed E-state index contributed by atoms with van der Waals surface area (Å²) < 4.78 is 24.1. The molecule has 0 unspecified atom stereocenters. The molecule has 2 saturated heterocycles. The average molecular weight is 675 g/mol. The fraction of sp³-hybridized carbons (Fsp3) is 0.368. The van der Waals surface area contributed by atoms with Gasteiger partial charge in [0.2, 0.25) is 5.79 Å². The predicted octanol–water partition coefficient (Wildman–Crippen LogP) is 5.06.